The number of fused-ring (bicyclic) bond motifs is 1. The Morgan fingerprint density at radius 3 is 2.65 bits per heavy atom. The highest BCUT2D eigenvalue weighted by molar-refractivity contribution is 7.92. The van der Waals surface area contributed by atoms with Gasteiger partial charge >= 0.3 is 0 Å². The minimum Gasteiger partial charge on any atom is -0.241 e. The van der Waals surface area contributed by atoms with Gasteiger partial charge in [-0.15, -0.1) is 5.10 Å². The molecule has 2 atom stereocenters. The fraction of sp³-hybridized carbons (Fsp3) is 0.429. The molecule has 1 fully saturated rings. The lowest BCUT2D eigenvalue weighted by Crippen LogP contribution is -2.12. The Morgan fingerprint density at radius 1 is 1.20 bits per heavy atom. The van der Waals surface area contributed by atoms with Gasteiger partial charge in [-0.1, -0.05) is 30.3 Å². The van der Waals surface area contributed by atoms with E-state index in [0.29, 0.717) is 25.1 Å². The Bertz CT molecular complexity index is 784. The van der Waals surface area contributed by atoms with Crippen LogP contribution in [0.5, 0.6) is 0 Å². The molecule has 0 spiro atoms. The largest absolute Gasteiger partial charge is 0.267 e. The van der Waals surface area contributed by atoms with Crippen molar-refractivity contribution < 1.29 is 9.79 Å². The second-order valence-corrected chi connectivity index (χ2v) is 7.43. The predicted octanol–water partition coefficient (Wildman–Crippen LogP) is 1.75. The van der Waals surface area contributed by atoms with E-state index in [2.05, 4.69) is 10.1 Å². The first kappa shape index (κ1) is 11.0. The van der Waals surface area contributed by atoms with Crippen molar-refractivity contribution in [1.82, 2.24) is 14.8 Å². The van der Waals surface area contributed by atoms with Gasteiger partial charge < -0.3 is 0 Å². The molecule has 1 aromatic heterocycles. The number of hydrogen-bond donors (Lipinski definition) is 0. The highest BCUT2D eigenvalue weighted by atomic mass is 32.2. The molecule has 2 aromatic rings. The van der Waals surface area contributed by atoms with Crippen molar-refractivity contribution in [3.63, 3.8) is 0 Å². The second-order valence-electron chi connectivity index (χ2n) is 5.31. The van der Waals surface area contributed by atoms with Crippen molar-refractivity contribution in [3.05, 3.63) is 41.7 Å². The summed E-state index contributed by atoms with van der Waals surface area (Å²) in [5.41, 5.74) is 1.04. The summed E-state index contributed by atoms with van der Waals surface area (Å²) < 4.78 is 34.2. The van der Waals surface area contributed by atoms with Gasteiger partial charge in [0.05, 0.1) is 11.3 Å². The highest BCUT2D eigenvalue weighted by Crippen LogP contribution is 2.35. The number of benzene rings is 1. The van der Waals surface area contributed by atoms with Gasteiger partial charge in [-0.05, 0) is 24.8 Å². The zero-order valence-electron chi connectivity index (χ0n) is 11.8. The summed E-state index contributed by atoms with van der Waals surface area (Å²) in [6.45, 7) is 0. The molecule has 0 saturated heterocycles. The Labute approximate surface area is 119 Å². The van der Waals surface area contributed by atoms with Crippen LogP contribution in [0.15, 0.2) is 35.5 Å². The summed E-state index contributed by atoms with van der Waals surface area (Å²) in [4.78, 5) is 4.16. The summed E-state index contributed by atoms with van der Waals surface area (Å²) in [6.07, 6.45) is 1.45. The van der Waals surface area contributed by atoms with Gasteiger partial charge in [-0.2, -0.15) is 0 Å². The van der Waals surface area contributed by atoms with Crippen molar-refractivity contribution in [1.29, 1.82) is 0 Å². The Hall–Kier alpha value is -1.69. The van der Waals surface area contributed by atoms with E-state index >= 15 is 0 Å². The van der Waals surface area contributed by atoms with E-state index in [4.69, 9.17) is 1.37 Å². The van der Waals surface area contributed by atoms with Crippen LogP contribution in [-0.4, -0.2) is 28.4 Å². The molecule has 0 radical (unpaired) electrons. The van der Waals surface area contributed by atoms with Crippen molar-refractivity contribution in [3.8, 4) is 0 Å². The highest BCUT2D eigenvalue weighted by Gasteiger charge is 2.41. The van der Waals surface area contributed by atoms with Gasteiger partial charge in [0.1, 0.15) is 5.82 Å². The van der Waals surface area contributed by atoms with Gasteiger partial charge in [0, 0.05) is 7.77 Å². The number of aryl methyl sites for hydroxylation is 1. The average Bonchev–Trinajstić information content (AvgIpc) is 3.17. The molecule has 2 aliphatic rings. The van der Waals surface area contributed by atoms with Gasteiger partial charge in [0.25, 0.3) is 5.16 Å². The van der Waals surface area contributed by atoms with E-state index in [1.165, 1.54) is 0 Å². The van der Waals surface area contributed by atoms with Crippen LogP contribution in [-0.2, 0) is 16.2 Å². The maximum absolute atomic E-state index is 12.3. The second kappa shape index (κ2) is 4.15. The monoisotopic (exact) mass is 290 g/mol. The molecule has 4 rings (SSSR count). The smallest absolute Gasteiger partial charge is 0.241 e. The quantitative estimate of drug-likeness (QED) is 0.864. The van der Waals surface area contributed by atoms with E-state index in [9.17, 15) is 8.42 Å². The summed E-state index contributed by atoms with van der Waals surface area (Å²) >= 11 is 0. The van der Waals surface area contributed by atoms with Crippen molar-refractivity contribution >= 4 is 9.84 Å². The van der Waals surface area contributed by atoms with Gasteiger partial charge in [-0.3, -0.25) is 0 Å². The molecule has 20 heavy (non-hydrogen) atoms. The number of nitrogens with zero attached hydrogens (tertiary/aromatic N) is 3. The lowest BCUT2D eigenvalue weighted by Gasteiger charge is -2.11. The summed E-state index contributed by atoms with van der Waals surface area (Å²) in [5.74, 6) is 0.461. The molecule has 5 nitrogen and oxygen atoms in total. The van der Waals surface area contributed by atoms with E-state index in [-0.39, 0.29) is 16.4 Å². The summed E-state index contributed by atoms with van der Waals surface area (Å²) in [5, 5.41) is 3.81. The zero-order chi connectivity index (χ0) is 14.6. The Balaban J connectivity index is 1.78. The first-order chi connectivity index (χ1) is 10.1. The third-order valence-electron chi connectivity index (χ3n) is 3.86. The predicted molar refractivity (Wildman–Crippen MR) is 73.1 cm³/mol. The Kier molecular flexibility index (Phi) is 2.29. The van der Waals surface area contributed by atoms with E-state index < -0.39 is 16.2 Å². The molecule has 2 heterocycles. The summed E-state index contributed by atoms with van der Waals surface area (Å²) in [6, 6.07) is 9.66. The van der Waals surface area contributed by atoms with Crippen LogP contribution >= 0.6 is 0 Å². The van der Waals surface area contributed by atoms with Crippen molar-refractivity contribution in [2.24, 2.45) is 0 Å². The molecule has 6 heteroatoms. The van der Waals surface area contributed by atoms with Gasteiger partial charge in [0.2, 0.25) is 9.84 Å². The minimum absolute atomic E-state index is 0.0978. The maximum atomic E-state index is 12.3. The molecule has 0 unspecified atom stereocenters. The van der Waals surface area contributed by atoms with Crippen LogP contribution in [0.25, 0.3) is 0 Å². The van der Waals surface area contributed by atoms with E-state index in [1.807, 2.05) is 30.3 Å². The number of hydrogen-bond acceptors (Lipinski definition) is 4. The standard InChI is InChI=1S/C14H15N3O2S/c18-20(19,11-6-7-11)14-15-13-9-8-12(17(13)16-14)10-4-2-1-3-5-10/h1-5,11-12H,6-9H2/t12-/m1/s1/i9D/t9-,12-. The maximum Gasteiger partial charge on any atom is 0.267 e. The third kappa shape index (κ3) is 1.78. The average molecular weight is 290 g/mol. The molecule has 104 valence electrons. The molecule has 0 N–H and O–H groups in total. The Morgan fingerprint density at radius 2 is 1.95 bits per heavy atom. The normalized spacial score (nSPS) is 26.3. The van der Waals surface area contributed by atoms with Crippen LogP contribution in [0, 0.1) is 0 Å². The van der Waals surface area contributed by atoms with Crippen LogP contribution in [0.4, 0.5) is 0 Å². The molecular weight excluding hydrogens is 274 g/mol. The minimum atomic E-state index is -3.40. The first-order valence-corrected chi connectivity index (χ1v) is 8.29. The first-order valence-electron chi connectivity index (χ1n) is 7.32. The SMILES string of the molecule is [2H][C@@H]1C[C@H](c2ccccc2)n2nc(S(=O)(=O)C3CC3)nc21. The van der Waals surface area contributed by atoms with Gasteiger partial charge in [-0.25, -0.2) is 18.1 Å². The zero-order valence-corrected chi connectivity index (χ0v) is 11.6. The number of sulfone groups is 1. The fourth-order valence-electron chi connectivity index (χ4n) is 2.60. The van der Waals surface area contributed by atoms with Crippen molar-refractivity contribution in [2.45, 2.75) is 42.1 Å². The van der Waals surface area contributed by atoms with Crippen LogP contribution in [0.2, 0.25) is 0 Å². The topological polar surface area (TPSA) is 64.8 Å². The van der Waals surface area contributed by atoms with Crippen molar-refractivity contribution in [2.75, 3.05) is 0 Å². The summed E-state index contributed by atoms with van der Waals surface area (Å²) in [7, 11) is -3.40. The fourth-order valence-corrected chi connectivity index (χ4v) is 4.08. The molecule has 0 amide bonds. The molecular formula is C14H15N3O2S. The van der Waals surface area contributed by atoms with Crippen LogP contribution in [0.3, 0.4) is 0 Å². The third-order valence-corrected chi connectivity index (χ3v) is 5.89. The molecule has 1 aliphatic carbocycles. The molecule has 1 aromatic carbocycles. The van der Waals surface area contributed by atoms with E-state index in [1.54, 1.807) is 4.68 Å². The van der Waals surface area contributed by atoms with E-state index in [0.717, 1.165) is 5.56 Å². The van der Waals surface area contributed by atoms with Crippen LogP contribution < -0.4 is 0 Å². The number of aromatic nitrogens is 3. The molecule has 1 saturated carbocycles. The number of rotatable bonds is 3. The van der Waals surface area contributed by atoms with Gasteiger partial charge in [0.15, 0.2) is 0 Å². The van der Waals surface area contributed by atoms with Crippen LogP contribution in [0.1, 0.15) is 38.1 Å². The lowest BCUT2D eigenvalue weighted by atomic mass is 10.1. The molecule has 0 bridgehead atoms. The lowest BCUT2D eigenvalue weighted by molar-refractivity contribution is 0.532. The molecule has 1 aliphatic heterocycles.